The van der Waals surface area contributed by atoms with Crippen molar-refractivity contribution in [3.63, 3.8) is 0 Å². The molecule has 18 heavy (non-hydrogen) atoms. The van der Waals surface area contributed by atoms with Gasteiger partial charge in [-0.3, -0.25) is 0 Å². The zero-order valence-corrected chi connectivity index (χ0v) is 8.53. The van der Waals surface area contributed by atoms with Gasteiger partial charge in [0.25, 0.3) is 0 Å². The lowest BCUT2D eigenvalue weighted by Gasteiger charge is -2.29. The van der Waals surface area contributed by atoms with Crippen LogP contribution in [0.5, 0.6) is 0 Å². The Kier molecular flexibility index (Phi) is 3.14. The summed E-state index contributed by atoms with van der Waals surface area (Å²) in [4.78, 5) is 0. The lowest BCUT2D eigenvalue weighted by molar-refractivity contribution is -0.359. The molecule has 0 amide bonds. The molecule has 0 aromatic heterocycles. The highest BCUT2D eigenvalue weighted by atomic mass is 19.4. The van der Waals surface area contributed by atoms with Crippen LogP contribution in [0.2, 0.25) is 0 Å². The summed E-state index contributed by atoms with van der Waals surface area (Å²) in [5, 5.41) is 0. The molecule has 1 aromatic rings. The maximum atomic E-state index is 13.3. The molecule has 0 saturated heterocycles. The van der Waals surface area contributed by atoms with E-state index in [-0.39, 0.29) is 0 Å². The van der Waals surface area contributed by atoms with Crippen LogP contribution in [0.15, 0.2) is 18.2 Å². The van der Waals surface area contributed by atoms with Gasteiger partial charge < -0.3 is 11.5 Å². The molecule has 9 heteroatoms. The molecule has 0 heterocycles. The van der Waals surface area contributed by atoms with E-state index >= 15 is 0 Å². The van der Waals surface area contributed by atoms with Gasteiger partial charge in [-0.1, -0.05) is 12.1 Å². The summed E-state index contributed by atoms with van der Waals surface area (Å²) in [6.07, 6.45) is -6.41. The number of nitrogen functional groups attached to an aromatic ring is 2. The molecule has 2 nitrogen and oxygen atoms in total. The van der Waals surface area contributed by atoms with Gasteiger partial charge in [0, 0.05) is 0 Å². The summed E-state index contributed by atoms with van der Waals surface area (Å²) in [5.74, 6) is -11.8. The average Bonchev–Trinajstić information content (AvgIpc) is 2.19. The van der Waals surface area contributed by atoms with Crippen molar-refractivity contribution in [2.24, 2.45) is 0 Å². The number of halogens is 7. The van der Waals surface area contributed by atoms with Crippen LogP contribution in [-0.2, 0) is 5.92 Å². The first kappa shape index (κ1) is 14.4. The highest BCUT2D eigenvalue weighted by Gasteiger charge is 2.73. The quantitative estimate of drug-likeness (QED) is 0.644. The van der Waals surface area contributed by atoms with E-state index in [4.69, 9.17) is 11.5 Å². The van der Waals surface area contributed by atoms with E-state index in [1.807, 2.05) is 0 Å². The van der Waals surface area contributed by atoms with Crippen molar-refractivity contribution in [1.29, 1.82) is 0 Å². The van der Waals surface area contributed by atoms with Gasteiger partial charge in [0.1, 0.15) is 0 Å². The zero-order valence-electron chi connectivity index (χ0n) is 8.53. The van der Waals surface area contributed by atoms with Crippen molar-refractivity contribution in [1.82, 2.24) is 0 Å². The Morgan fingerprint density at radius 1 is 0.833 bits per heavy atom. The van der Waals surface area contributed by atoms with Crippen LogP contribution >= 0.6 is 0 Å². The highest BCUT2D eigenvalue weighted by Crippen LogP contribution is 2.53. The van der Waals surface area contributed by atoms with E-state index in [0.29, 0.717) is 6.07 Å². The fourth-order valence-corrected chi connectivity index (χ4v) is 1.20. The summed E-state index contributed by atoms with van der Waals surface area (Å²) >= 11 is 0. The van der Waals surface area contributed by atoms with Gasteiger partial charge in [0.05, 0.1) is 16.9 Å². The molecular weight excluding hydrogens is 269 g/mol. The second-order valence-corrected chi connectivity index (χ2v) is 3.46. The summed E-state index contributed by atoms with van der Waals surface area (Å²) in [6, 6.07) is 2.17. The molecule has 0 bridgehead atoms. The first-order valence-corrected chi connectivity index (χ1v) is 4.39. The minimum Gasteiger partial charge on any atom is -0.397 e. The molecule has 102 valence electrons. The highest BCUT2D eigenvalue weighted by molar-refractivity contribution is 5.68. The van der Waals surface area contributed by atoms with Crippen molar-refractivity contribution in [3.8, 4) is 0 Å². The van der Waals surface area contributed by atoms with Gasteiger partial charge in [0.2, 0.25) is 0 Å². The van der Waals surface area contributed by atoms with Crippen LogP contribution < -0.4 is 11.5 Å². The lowest BCUT2D eigenvalue weighted by Crippen LogP contribution is -2.50. The van der Waals surface area contributed by atoms with Gasteiger partial charge in [-0.05, 0) is 6.07 Å². The maximum Gasteiger partial charge on any atom is 0.460 e. The molecule has 0 aliphatic rings. The Morgan fingerprint density at radius 2 is 1.33 bits per heavy atom. The minimum absolute atomic E-state index is 0.366. The third-order valence-electron chi connectivity index (χ3n) is 2.23. The van der Waals surface area contributed by atoms with Crippen molar-refractivity contribution < 1.29 is 30.7 Å². The molecule has 0 spiro atoms. The van der Waals surface area contributed by atoms with Crippen molar-refractivity contribution in [2.75, 3.05) is 11.5 Å². The summed E-state index contributed by atoms with van der Waals surface area (Å²) in [5.41, 5.74) is 6.91. The average molecular weight is 276 g/mol. The van der Waals surface area contributed by atoms with E-state index in [9.17, 15) is 30.7 Å². The van der Waals surface area contributed by atoms with E-state index in [1.165, 1.54) is 0 Å². The number of hydrogen-bond acceptors (Lipinski definition) is 2. The third kappa shape index (κ3) is 1.93. The summed E-state index contributed by atoms with van der Waals surface area (Å²) in [7, 11) is 0. The van der Waals surface area contributed by atoms with Gasteiger partial charge >= 0.3 is 18.0 Å². The lowest BCUT2D eigenvalue weighted by atomic mass is 9.99. The van der Waals surface area contributed by atoms with Crippen molar-refractivity contribution >= 4 is 11.4 Å². The molecule has 0 aliphatic heterocycles. The van der Waals surface area contributed by atoms with Gasteiger partial charge in [0.15, 0.2) is 0 Å². The first-order valence-electron chi connectivity index (χ1n) is 4.39. The Hall–Kier alpha value is -1.67. The topological polar surface area (TPSA) is 52.0 Å². The molecule has 4 N–H and O–H groups in total. The molecule has 0 aliphatic carbocycles. The zero-order chi connectivity index (χ0) is 14.4. The standard InChI is InChI=1S/C9H7F7N2/c10-7(11,8(12,13)9(14,15)16)4-2-1-3-5(17)6(4)18/h1-3H,17-18H2. The van der Waals surface area contributed by atoms with Crippen LogP contribution in [0.25, 0.3) is 0 Å². The Labute approximate surface area is 96.4 Å². The largest absolute Gasteiger partial charge is 0.460 e. The summed E-state index contributed by atoms with van der Waals surface area (Å²) < 4.78 is 87.8. The normalized spacial score (nSPS) is 13.7. The van der Waals surface area contributed by atoms with Gasteiger partial charge in [-0.15, -0.1) is 0 Å². The van der Waals surface area contributed by atoms with Gasteiger partial charge in [-0.25, -0.2) is 0 Å². The van der Waals surface area contributed by atoms with E-state index < -0.39 is 35.0 Å². The summed E-state index contributed by atoms with van der Waals surface area (Å²) in [6.45, 7) is 0. The SMILES string of the molecule is Nc1cccc(C(F)(F)C(F)(F)C(F)(F)F)c1N. The monoisotopic (exact) mass is 276 g/mol. The van der Waals surface area contributed by atoms with Crippen LogP contribution in [0.3, 0.4) is 0 Å². The first-order chi connectivity index (χ1) is 7.93. The maximum absolute atomic E-state index is 13.3. The number of rotatable bonds is 2. The number of nitrogens with two attached hydrogens (primary N) is 2. The smallest absolute Gasteiger partial charge is 0.397 e. The van der Waals surface area contributed by atoms with E-state index in [1.54, 1.807) is 0 Å². The van der Waals surface area contributed by atoms with Gasteiger partial charge in [-0.2, -0.15) is 30.7 Å². The number of anilines is 2. The van der Waals surface area contributed by atoms with E-state index in [2.05, 4.69) is 0 Å². The molecule has 0 fully saturated rings. The minimum atomic E-state index is -6.41. The second-order valence-electron chi connectivity index (χ2n) is 3.46. The second kappa shape index (κ2) is 3.92. The predicted molar refractivity (Wildman–Crippen MR) is 50.2 cm³/mol. The molecule has 0 atom stereocenters. The molecule has 1 rings (SSSR count). The van der Waals surface area contributed by atoms with Crippen molar-refractivity contribution in [2.45, 2.75) is 18.0 Å². The Morgan fingerprint density at radius 3 is 1.78 bits per heavy atom. The van der Waals surface area contributed by atoms with Crippen molar-refractivity contribution in [3.05, 3.63) is 23.8 Å². The van der Waals surface area contributed by atoms with E-state index in [0.717, 1.165) is 12.1 Å². The third-order valence-corrected chi connectivity index (χ3v) is 2.23. The number of hydrogen-bond donors (Lipinski definition) is 2. The van der Waals surface area contributed by atoms with Crippen LogP contribution in [0.4, 0.5) is 42.1 Å². The molecule has 1 aromatic carbocycles. The molecule has 0 saturated carbocycles. The van der Waals surface area contributed by atoms with Crippen LogP contribution in [-0.4, -0.2) is 12.1 Å². The fraction of sp³-hybridized carbons (Fsp3) is 0.333. The number of benzene rings is 1. The number of para-hydroxylation sites is 1. The Balaban J connectivity index is 3.43. The fourth-order valence-electron chi connectivity index (χ4n) is 1.20. The predicted octanol–water partition coefficient (Wildman–Crippen LogP) is 3.14. The molecule has 0 unspecified atom stereocenters. The van der Waals surface area contributed by atoms with Crippen LogP contribution in [0.1, 0.15) is 5.56 Å². The van der Waals surface area contributed by atoms with Crippen LogP contribution in [0, 0.1) is 0 Å². The molecular formula is C9H7F7N2. The molecule has 0 radical (unpaired) electrons. The number of alkyl halides is 7. The Bertz CT molecular complexity index is 453.